The molecular weight excluding hydrogens is 264 g/mol. The van der Waals surface area contributed by atoms with Gasteiger partial charge in [0.15, 0.2) is 0 Å². The molecule has 1 aliphatic heterocycles. The lowest BCUT2D eigenvalue weighted by Crippen LogP contribution is -2.33. The summed E-state index contributed by atoms with van der Waals surface area (Å²) in [5.41, 5.74) is 2.18. The fourth-order valence-electron chi connectivity index (χ4n) is 3.27. The number of fused-ring (bicyclic) bond motifs is 1. The molecule has 1 fully saturated rings. The Morgan fingerprint density at radius 3 is 2.90 bits per heavy atom. The fraction of sp³-hybridized carbons (Fsp3) is 0.588. The Hall–Kier alpha value is -1.55. The highest BCUT2D eigenvalue weighted by atomic mass is 16.5. The quantitative estimate of drug-likeness (QED) is 0.819. The van der Waals surface area contributed by atoms with Crippen molar-refractivity contribution >= 4 is 11.6 Å². The molecule has 1 saturated carbocycles. The van der Waals surface area contributed by atoms with Gasteiger partial charge in [-0.3, -0.25) is 4.79 Å². The van der Waals surface area contributed by atoms with E-state index < -0.39 is 0 Å². The predicted molar refractivity (Wildman–Crippen MR) is 83.5 cm³/mol. The molecule has 2 N–H and O–H groups in total. The molecule has 21 heavy (non-hydrogen) atoms. The van der Waals surface area contributed by atoms with Gasteiger partial charge in [-0.25, -0.2) is 0 Å². The Morgan fingerprint density at radius 1 is 1.24 bits per heavy atom. The number of carbonyl (C=O) groups is 1. The number of nitrogens with one attached hydrogen (secondary N) is 2. The molecule has 0 spiro atoms. The van der Waals surface area contributed by atoms with Crippen LogP contribution in [0.2, 0.25) is 0 Å². The molecule has 1 aromatic rings. The van der Waals surface area contributed by atoms with Crippen LogP contribution >= 0.6 is 0 Å². The van der Waals surface area contributed by atoms with Gasteiger partial charge < -0.3 is 15.4 Å². The molecule has 3 rings (SSSR count). The second-order valence-electron chi connectivity index (χ2n) is 5.94. The minimum atomic E-state index is -0.0733. The van der Waals surface area contributed by atoms with Crippen LogP contribution in [0.4, 0.5) is 5.69 Å². The van der Waals surface area contributed by atoms with Gasteiger partial charge in [0, 0.05) is 18.8 Å². The van der Waals surface area contributed by atoms with Gasteiger partial charge in [0.1, 0.15) is 0 Å². The highest BCUT2D eigenvalue weighted by molar-refractivity contribution is 5.88. The second-order valence-corrected chi connectivity index (χ2v) is 5.94. The molecule has 4 nitrogen and oxygen atoms in total. The lowest BCUT2D eigenvalue weighted by molar-refractivity contribution is -0.122. The Kier molecular flexibility index (Phi) is 4.76. The van der Waals surface area contributed by atoms with Gasteiger partial charge in [-0.1, -0.05) is 37.5 Å². The summed E-state index contributed by atoms with van der Waals surface area (Å²) >= 11 is 0. The second kappa shape index (κ2) is 6.94. The van der Waals surface area contributed by atoms with E-state index in [2.05, 4.69) is 10.6 Å². The van der Waals surface area contributed by atoms with Crippen molar-refractivity contribution in [2.75, 3.05) is 25.0 Å². The molecule has 0 saturated heterocycles. The highest BCUT2D eigenvalue weighted by Crippen LogP contribution is 2.30. The zero-order chi connectivity index (χ0) is 14.5. The summed E-state index contributed by atoms with van der Waals surface area (Å²) in [5.74, 6) is 0.0237. The number of hydrogen-bond acceptors (Lipinski definition) is 3. The van der Waals surface area contributed by atoms with Gasteiger partial charge >= 0.3 is 0 Å². The highest BCUT2D eigenvalue weighted by Gasteiger charge is 2.27. The number of carbonyl (C=O) groups excluding carboxylic acids is 1. The predicted octanol–water partition coefficient (Wildman–Crippen LogP) is 2.66. The van der Waals surface area contributed by atoms with Crippen molar-refractivity contribution in [1.29, 1.82) is 0 Å². The first kappa shape index (κ1) is 14.4. The molecular formula is C17H24N2O2. The van der Waals surface area contributed by atoms with E-state index in [-0.39, 0.29) is 11.8 Å². The van der Waals surface area contributed by atoms with E-state index in [1.54, 1.807) is 0 Å². The van der Waals surface area contributed by atoms with E-state index in [0.717, 1.165) is 11.3 Å². The summed E-state index contributed by atoms with van der Waals surface area (Å²) in [5, 5.41) is 6.28. The Bertz CT molecular complexity index is 483. The van der Waals surface area contributed by atoms with Crippen molar-refractivity contribution < 1.29 is 9.53 Å². The minimum absolute atomic E-state index is 0.0733. The summed E-state index contributed by atoms with van der Waals surface area (Å²) in [4.78, 5) is 12.3. The molecule has 4 heteroatoms. The summed E-state index contributed by atoms with van der Waals surface area (Å²) in [6, 6.07) is 8.02. The van der Waals surface area contributed by atoms with Crippen LogP contribution in [0.15, 0.2) is 24.3 Å². The maximum Gasteiger partial charge on any atom is 0.229 e. The molecule has 1 aliphatic carbocycles. The third-order valence-electron chi connectivity index (χ3n) is 4.46. The van der Waals surface area contributed by atoms with Crippen LogP contribution in [0.1, 0.15) is 43.6 Å². The van der Waals surface area contributed by atoms with Gasteiger partial charge in [-0.05, 0) is 24.5 Å². The van der Waals surface area contributed by atoms with Crippen LogP contribution in [-0.4, -0.2) is 31.7 Å². The third kappa shape index (κ3) is 3.56. The molecule has 1 aromatic carbocycles. The first-order valence-electron chi connectivity index (χ1n) is 8.07. The largest absolute Gasteiger partial charge is 0.384 e. The lowest BCUT2D eigenvalue weighted by Gasteiger charge is -2.22. The van der Waals surface area contributed by atoms with Crippen LogP contribution in [0, 0.1) is 0 Å². The molecule has 1 unspecified atom stereocenters. The molecule has 114 valence electrons. The lowest BCUT2D eigenvalue weighted by atomic mass is 9.98. The molecule has 0 aromatic heterocycles. The van der Waals surface area contributed by atoms with E-state index in [1.807, 2.05) is 24.3 Å². The van der Waals surface area contributed by atoms with Gasteiger partial charge in [-0.15, -0.1) is 0 Å². The van der Waals surface area contributed by atoms with E-state index in [0.29, 0.717) is 25.8 Å². The number of amides is 1. The van der Waals surface area contributed by atoms with Crippen molar-refractivity contribution in [1.82, 2.24) is 5.32 Å². The van der Waals surface area contributed by atoms with E-state index in [4.69, 9.17) is 4.74 Å². The summed E-state index contributed by atoms with van der Waals surface area (Å²) in [7, 11) is 0. The van der Waals surface area contributed by atoms with Crippen LogP contribution < -0.4 is 10.6 Å². The zero-order valence-corrected chi connectivity index (χ0v) is 12.4. The van der Waals surface area contributed by atoms with Gasteiger partial charge in [-0.2, -0.15) is 0 Å². The fourth-order valence-corrected chi connectivity index (χ4v) is 3.27. The molecule has 1 amide bonds. The molecule has 0 radical (unpaired) electrons. The standard InChI is InChI=1S/C17H24N2O2/c20-17(15-12-19-16-9-5-4-8-14(15)16)18-10-11-21-13-6-2-1-3-7-13/h4-5,8-9,13,15,19H,1-3,6-7,10-12H2,(H,18,20). The van der Waals surface area contributed by atoms with Crippen molar-refractivity contribution in [2.24, 2.45) is 0 Å². The first-order valence-corrected chi connectivity index (χ1v) is 8.07. The smallest absolute Gasteiger partial charge is 0.229 e. The summed E-state index contributed by atoms with van der Waals surface area (Å²) in [6.45, 7) is 1.92. The average Bonchev–Trinajstić information content (AvgIpc) is 2.96. The monoisotopic (exact) mass is 288 g/mol. The van der Waals surface area contributed by atoms with Crippen LogP contribution in [-0.2, 0) is 9.53 Å². The SMILES string of the molecule is O=C(NCCOC1CCCCC1)C1CNc2ccccc21. The van der Waals surface area contributed by atoms with Crippen LogP contribution in [0.5, 0.6) is 0 Å². The molecule has 1 heterocycles. The number of ether oxygens (including phenoxy) is 1. The Morgan fingerprint density at radius 2 is 2.05 bits per heavy atom. The van der Waals surface area contributed by atoms with E-state index in [1.165, 1.54) is 32.1 Å². The first-order chi connectivity index (χ1) is 10.3. The van der Waals surface area contributed by atoms with Gasteiger partial charge in [0.25, 0.3) is 0 Å². The van der Waals surface area contributed by atoms with Crippen molar-refractivity contribution in [3.63, 3.8) is 0 Å². The van der Waals surface area contributed by atoms with E-state index >= 15 is 0 Å². The van der Waals surface area contributed by atoms with Crippen molar-refractivity contribution in [3.8, 4) is 0 Å². The number of benzene rings is 1. The summed E-state index contributed by atoms with van der Waals surface area (Å²) in [6.07, 6.45) is 6.65. The van der Waals surface area contributed by atoms with Gasteiger partial charge in [0.2, 0.25) is 5.91 Å². The number of para-hydroxylation sites is 1. The summed E-state index contributed by atoms with van der Waals surface area (Å²) < 4.78 is 5.84. The number of hydrogen-bond donors (Lipinski definition) is 2. The number of rotatable bonds is 5. The minimum Gasteiger partial charge on any atom is -0.384 e. The molecule has 2 aliphatic rings. The Labute approximate surface area is 126 Å². The Balaban J connectivity index is 1.41. The topological polar surface area (TPSA) is 50.4 Å². The van der Waals surface area contributed by atoms with Crippen LogP contribution in [0.3, 0.4) is 0 Å². The van der Waals surface area contributed by atoms with Crippen LogP contribution in [0.25, 0.3) is 0 Å². The normalized spacial score (nSPS) is 21.6. The average molecular weight is 288 g/mol. The number of anilines is 1. The van der Waals surface area contributed by atoms with Crippen molar-refractivity contribution in [2.45, 2.75) is 44.1 Å². The van der Waals surface area contributed by atoms with E-state index in [9.17, 15) is 4.79 Å². The van der Waals surface area contributed by atoms with Crippen molar-refractivity contribution in [3.05, 3.63) is 29.8 Å². The molecule has 0 bridgehead atoms. The third-order valence-corrected chi connectivity index (χ3v) is 4.46. The maximum absolute atomic E-state index is 12.3. The maximum atomic E-state index is 12.3. The zero-order valence-electron chi connectivity index (χ0n) is 12.4. The molecule has 1 atom stereocenters. The van der Waals surface area contributed by atoms with Gasteiger partial charge in [0.05, 0.1) is 18.6 Å².